The Hall–Kier alpha value is -3.91. The maximum absolute atomic E-state index is 13.4. The summed E-state index contributed by atoms with van der Waals surface area (Å²) in [6, 6.07) is 18.2. The van der Waals surface area contributed by atoms with Crippen molar-refractivity contribution < 1.29 is 14.0 Å². The van der Waals surface area contributed by atoms with Gasteiger partial charge in [0.2, 0.25) is 5.91 Å². The van der Waals surface area contributed by atoms with Crippen molar-refractivity contribution in [1.82, 2.24) is 14.8 Å². The minimum absolute atomic E-state index is 0.0651. The van der Waals surface area contributed by atoms with Gasteiger partial charge in [0.25, 0.3) is 0 Å². The number of Topliss-reactive ketones (excluding diaryl/α,β-unsaturated/α-hetero) is 1. The first-order chi connectivity index (χ1) is 16.5. The predicted octanol–water partition coefficient (Wildman–Crippen LogP) is 5.71. The topological polar surface area (TPSA) is 90.0 Å². The van der Waals surface area contributed by atoms with Crippen LogP contribution in [-0.4, -0.2) is 26.5 Å². The number of benzene rings is 2. The summed E-state index contributed by atoms with van der Waals surface area (Å²) < 4.78 is 7.35. The van der Waals surface area contributed by atoms with Crippen molar-refractivity contribution in [2.24, 2.45) is 0 Å². The Bertz CT molecular complexity index is 1330. The molecule has 172 valence electrons. The van der Waals surface area contributed by atoms with Crippen LogP contribution >= 0.6 is 11.8 Å². The van der Waals surface area contributed by atoms with Gasteiger partial charge in [0.05, 0.1) is 11.8 Å². The Morgan fingerprint density at radius 2 is 1.94 bits per heavy atom. The molecule has 8 heteroatoms. The second kappa shape index (κ2) is 10.4. The molecule has 0 aliphatic carbocycles. The minimum Gasteiger partial charge on any atom is -0.469 e. The van der Waals surface area contributed by atoms with Crippen LogP contribution in [0.4, 0.5) is 5.69 Å². The molecule has 7 nitrogen and oxygen atoms in total. The van der Waals surface area contributed by atoms with Gasteiger partial charge in [-0.15, -0.1) is 16.8 Å². The number of carbonyl (C=O) groups excluding carboxylic acids is 2. The van der Waals surface area contributed by atoms with E-state index < -0.39 is 5.25 Å². The highest BCUT2D eigenvalue weighted by atomic mass is 32.2. The Balaban J connectivity index is 1.68. The van der Waals surface area contributed by atoms with Crippen LogP contribution in [0.15, 0.2) is 89.2 Å². The van der Waals surface area contributed by atoms with Crippen molar-refractivity contribution in [3.8, 4) is 11.4 Å². The highest BCUT2D eigenvalue weighted by molar-refractivity contribution is 8.00. The summed E-state index contributed by atoms with van der Waals surface area (Å²) in [5.41, 5.74) is 2.75. The van der Waals surface area contributed by atoms with E-state index in [4.69, 9.17) is 4.42 Å². The average molecular weight is 473 g/mol. The molecule has 2 aromatic heterocycles. The molecule has 0 spiro atoms. The zero-order valence-electron chi connectivity index (χ0n) is 18.9. The van der Waals surface area contributed by atoms with Gasteiger partial charge >= 0.3 is 0 Å². The number of hydrogen-bond donors (Lipinski definition) is 1. The van der Waals surface area contributed by atoms with Gasteiger partial charge in [-0.25, -0.2) is 0 Å². The highest BCUT2D eigenvalue weighted by Gasteiger charge is 2.26. The highest BCUT2D eigenvalue weighted by Crippen LogP contribution is 2.37. The second-order valence-corrected chi connectivity index (χ2v) is 8.70. The average Bonchev–Trinajstić information content (AvgIpc) is 3.43. The molecule has 0 aliphatic heterocycles. The number of hydrogen-bond acceptors (Lipinski definition) is 6. The Labute approximate surface area is 201 Å². The molecule has 2 heterocycles. The number of rotatable bonds is 9. The van der Waals surface area contributed by atoms with E-state index >= 15 is 0 Å². The third-order valence-electron chi connectivity index (χ3n) is 5.23. The third-order valence-corrected chi connectivity index (χ3v) is 6.46. The largest absolute Gasteiger partial charge is 0.469 e. The minimum atomic E-state index is -0.603. The molecule has 0 radical (unpaired) electrons. The van der Waals surface area contributed by atoms with E-state index in [0.717, 1.165) is 16.9 Å². The van der Waals surface area contributed by atoms with Crippen LogP contribution in [0.25, 0.3) is 11.4 Å². The molecule has 1 atom stereocenters. The number of nitrogens with zero attached hydrogens (tertiary/aromatic N) is 3. The molecule has 2 aromatic carbocycles. The summed E-state index contributed by atoms with van der Waals surface area (Å²) in [5.74, 6) is 1.09. The maximum Gasteiger partial charge on any atom is 0.242 e. The number of furan rings is 1. The van der Waals surface area contributed by atoms with E-state index in [1.54, 1.807) is 36.6 Å². The van der Waals surface area contributed by atoms with Crippen LogP contribution in [0.5, 0.6) is 0 Å². The fourth-order valence-electron chi connectivity index (χ4n) is 3.52. The normalized spacial score (nSPS) is 11.7. The molecule has 1 N–H and O–H groups in total. The summed E-state index contributed by atoms with van der Waals surface area (Å²) >= 11 is 1.30. The van der Waals surface area contributed by atoms with Crippen molar-refractivity contribution in [2.75, 3.05) is 5.32 Å². The van der Waals surface area contributed by atoms with E-state index in [1.807, 2.05) is 47.9 Å². The maximum atomic E-state index is 13.4. The summed E-state index contributed by atoms with van der Waals surface area (Å²) in [4.78, 5) is 25.2. The summed E-state index contributed by atoms with van der Waals surface area (Å²) in [5, 5.41) is 11.7. The Morgan fingerprint density at radius 3 is 2.62 bits per heavy atom. The van der Waals surface area contributed by atoms with E-state index in [-0.39, 0.29) is 11.7 Å². The first kappa shape index (κ1) is 23.3. The number of nitrogens with one attached hydrogen (secondary N) is 1. The molecule has 4 rings (SSSR count). The SMILES string of the molecule is C=CCn1c(SC(C(=O)Nc2cccc(C(C)=O)c2)c2ccccc2)nnc1-c1ccoc1C. The lowest BCUT2D eigenvalue weighted by Gasteiger charge is -2.17. The van der Waals surface area contributed by atoms with Crippen molar-refractivity contribution in [3.63, 3.8) is 0 Å². The van der Waals surface area contributed by atoms with E-state index in [2.05, 4.69) is 22.1 Å². The number of aryl methyl sites for hydroxylation is 1. The summed E-state index contributed by atoms with van der Waals surface area (Å²) in [7, 11) is 0. The van der Waals surface area contributed by atoms with Crippen LogP contribution < -0.4 is 5.32 Å². The smallest absolute Gasteiger partial charge is 0.242 e. The first-order valence-electron chi connectivity index (χ1n) is 10.7. The lowest BCUT2D eigenvalue weighted by atomic mass is 10.1. The second-order valence-electron chi connectivity index (χ2n) is 7.63. The van der Waals surface area contributed by atoms with Gasteiger partial charge in [0.15, 0.2) is 16.8 Å². The third kappa shape index (κ3) is 5.02. The van der Waals surface area contributed by atoms with Crippen LogP contribution in [0.1, 0.15) is 33.9 Å². The molecule has 1 unspecified atom stereocenters. The van der Waals surface area contributed by atoms with Crippen LogP contribution in [0.3, 0.4) is 0 Å². The number of anilines is 1. The summed E-state index contributed by atoms with van der Waals surface area (Å²) in [6.45, 7) is 7.69. The molecule has 0 saturated carbocycles. The van der Waals surface area contributed by atoms with Gasteiger partial charge < -0.3 is 9.73 Å². The molecule has 0 fully saturated rings. The quantitative estimate of drug-likeness (QED) is 0.191. The number of aromatic nitrogens is 3. The van der Waals surface area contributed by atoms with Gasteiger partial charge in [-0.3, -0.25) is 14.2 Å². The number of thioether (sulfide) groups is 1. The zero-order valence-corrected chi connectivity index (χ0v) is 19.7. The van der Waals surface area contributed by atoms with Crippen molar-refractivity contribution >= 4 is 29.1 Å². The zero-order chi connectivity index (χ0) is 24.1. The van der Waals surface area contributed by atoms with Gasteiger partial charge in [0.1, 0.15) is 11.0 Å². The van der Waals surface area contributed by atoms with Crippen LogP contribution in [0.2, 0.25) is 0 Å². The van der Waals surface area contributed by atoms with Gasteiger partial charge in [-0.05, 0) is 37.6 Å². The molecular formula is C26H24N4O3S. The fourth-order valence-corrected chi connectivity index (χ4v) is 4.56. The molecule has 34 heavy (non-hydrogen) atoms. The monoisotopic (exact) mass is 472 g/mol. The van der Waals surface area contributed by atoms with Gasteiger partial charge in [0, 0.05) is 17.8 Å². The number of amides is 1. The van der Waals surface area contributed by atoms with Gasteiger partial charge in [-0.2, -0.15) is 0 Å². The van der Waals surface area contributed by atoms with Gasteiger partial charge in [-0.1, -0.05) is 60.3 Å². The standard InChI is InChI=1S/C26H24N4O3S/c1-4-14-30-24(22-13-15-33-18(22)3)28-29-26(30)34-23(19-9-6-5-7-10-19)25(32)27-21-12-8-11-20(16-21)17(2)31/h4-13,15-16,23H,1,14H2,2-3H3,(H,27,32). The lowest BCUT2D eigenvalue weighted by molar-refractivity contribution is -0.115. The van der Waals surface area contributed by atoms with E-state index in [9.17, 15) is 9.59 Å². The van der Waals surface area contributed by atoms with Crippen LogP contribution in [0, 0.1) is 6.92 Å². The molecule has 0 saturated heterocycles. The van der Waals surface area contributed by atoms with Crippen LogP contribution in [-0.2, 0) is 11.3 Å². The molecule has 0 bridgehead atoms. The Kier molecular flexibility index (Phi) is 7.08. The van der Waals surface area contributed by atoms with Crippen molar-refractivity contribution in [2.45, 2.75) is 30.8 Å². The molecule has 4 aromatic rings. The van der Waals surface area contributed by atoms with Crippen molar-refractivity contribution in [1.29, 1.82) is 0 Å². The molecular weight excluding hydrogens is 448 g/mol. The summed E-state index contributed by atoms with van der Waals surface area (Å²) in [6.07, 6.45) is 3.37. The molecule has 0 aliphatic rings. The van der Waals surface area contributed by atoms with E-state index in [1.165, 1.54) is 18.7 Å². The Morgan fingerprint density at radius 1 is 1.15 bits per heavy atom. The lowest BCUT2D eigenvalue weighted by Crippen LogP contribution is -2.20. The number of carbonyl (C=O) groups is 2. The van der Waals surface area contributed by atoms with Crippen molar-refractivity contribution in [3.05, 3.63) is 96.5 Å². The predicted molar refractivity (Wildman–Crippen MR) is 133 cm³/mol. The number of ketones is 1. The first-order valence-corrected chi connectivity index (χ1v) is 11.6. The molecule has 1 amide bonds. The fraction of sp³-hybridized carbons (Fsp3) is 0.154. The number of allylic oxidation sites excluding steroid dienone is 1. The van der Waals surface area contributed by atoms with E-state index in [0.29, 0.717) is 28.8 Å².